The van der Waals surface area contributed by atoms with E-state index >= 15 is 0 Å². The van der Waals surface area contributed by atoms with Crippen molar-refractivity contribution in [1.29, 1.82) is 0 Å². The molecule has 1 aliphatic heterocycles. The molecular formula is C11H17BrN2O2S2. The van der Waals surface area contributed by atoms with Crippen molar-refractivity contribution >= 4 is 37.1 Å². The Morgan fingerprint density at radius 2 is 2.11 bits per heavy atom. The topological polar surface area (TPSA) is 49.4 Å². The number of halogens is 1. The molecular weight excluding hydrogens is 336 g/mol. The molecule has 1 aromatic rings. The Bertz CT molecular complexity index is 473. The van der Waals surface area contributed by atoms with E-state index in [1.165, 1.54) is 4.88 Å². The minimum absolute atomic E-state index is 0.310. The van der Waals surface area contributed by atoms with Crippen LogP contribution < -0.4 is 5.32 Å². The van der Waals surface area contributed by atoms with Gasteiger partial charge in [-0.2, -0.15) is 0 Å². The van der Waals surface area contributed by atoms with Crippen LogP contribution in [0, 0.1) is 0 Å². The molecule has 4 nitrogen and oxygen atoms in total. The molecule has 0 spiro atoms. The minimum Gasteiger partial charge on any atom is -0.311 e. The lowest BCUT2D eigenvalue weighted by Gasteiger charge is -2.26. The lowest BCUT2D eigenvalue weighted by Crippen LogP contribution is -2.43. The van der Waals surface area contributed by atoms with Crippen LogP contribution in [0.3, 0.4) is 0 Å². The number of sulfone groups is 1. The average Bonchev–Trinajstić information content (AvgIpc) is 2.72. The number of nitrogens with zero attached hydrogens (tertiary/aromatic N) is 1. The quantitative estimate of drug-likeness (QED) is 0.812. The maximum atomic E-state index is 11.3. The van der Waals surface area contributed by atoms with E-state index in [-0.39, 0.29) is 0 Å². The highest BCUT2D eigenvalue weighted by atomic mass is 79.9. The zero-order valence-corrected chi connectivity index (χ0v) is 13.3. The molecule has 1 aromatic heterocycles. The Kier molecular flexibility index (Phi) is 5.20. The molecule has 0 amide bonds. The highest BCUT2D eigenvalue weighted by molar-refractivity contribution is 9.10. The van der Waals surface area contributed by atoms with Crippen LogP contribution >= 0.6 is 27.3 Å². The van der Waals surface area contributed by atoms with E-state index in [4.69, 9.17) is 0 Å². The molecule has 0 saturated carbocycles. The Hall–Kier alpha value is 0.0500. The van der Waals surface area contributed by atoms with Gasteiger partial charge in [-0.05, 0) is 22.0 Å². The molecule has 18 heavy (non-hydrogen) atoms. The third-order valence-electron chi connectivity index (χ3n) is 2.96. The minimum atomic E-state index is -2.75. The van der Waals surface area contributed by atoms with E-state index in [0.29, 0.717) is 24.6 Å². The van der Waals surface area contributed by atoms with Crippen molar-refractivity contribution < 1.29 is 8.42 Å². The van der Waals surface area contributed by atoms with Gasteiger partial charge >= 0.3 is 0 Å². The van der Waals surface area contributed by atoms with Crippen LogP contribution in [0.1, 0.15) is 4.88 Å². The molecule has 0 radical (unpaired) electrons. The number of rotatable bonds is 5. The van der Waals surface area contributed by atoms with Gasteiger partial charge in [0.25, 0.3) is 0 Å². The third kappa shape index (κ3) is 4.62. The fraction of sp³-hybridized carbons (Fsp3) is 0.636. The zero-order valence-electron chi connectivity index (χ0n) is 10.1. The van der Waals surface area contributed by atoms with Crippen molar-refractivity contribution in [2.45, 2.75) is 6.54 Å². The molecule has 0 bridgehead atoms. The van der Waals surface area contributed by atoms with Crippen molar-refractivity contribution in [3.63, 3.8) is 0 Å². The van der Waals surface area contributed by atoms with Gasteiger partial charge in [-0.25, -0.2) is 8.42 Å². The second-order valence-corrected chi connectivity index (χ2v) is 8.62. The van der Waals surface area contributed by atoms with Crippen molar-refractivity contribution in [2.75, 3.05) is 37.7 Å². The predicted molar refractivity (Wildman–Crippen MR) is 78.8 cm³/mol. The highest BCUT2D eigenvalue weighted by Gasteiger charge is 2.20. The number of nitrogens with one attached hydrogen (secondary N) is 1. The van der Waals surface area contributed by atoms with Crippen LogP contribution in [0.15, 0.2) is 15.9 Å². The van der Waals surface area contributed by atoms with Crippen molar-refractivity contribution in [1.82, 2.24) is 10.2 Å². The van der Waals surface area contributed by atoms with E-state index in [2.05, 4.69) is 37.6 Å². The lowest BCUT2D eigenvalue weighted by atomic mass is 10.4. The molecule has 1 N–H and O–H groups in total. The normalized spacial score (nSPS) is 20.1. The summed E-state index contributed by atoms with van der Waals surface area (Å²) in [6, 6.07) is 2.12. The van der Waals surface area contributed by atoms with E-state index in [9.17, 15) is 8.42 Å². The van der Waals surface area contributed by atoms with E-state index in [0.717, 1.165) is 24.1 Å². The van der Waals surface area contributed by atoms with Crippen LogP contribution in [0.2, 0.25) is 0 Å². The van der Waals surface area contributed by atoms with Gasteiger partial charge in [-0.1, -0.05) is 0 Å². The second kappa shape index (κ2) is 6.47. The molecule has 2 heterocycles. The summed E-state index contributed by atoms with van der Waals surface area (Å²) < 4.78 is 23.7. The molecule has 1 saturated heterocycles. The molecule has 2 rings (SSSR count). The van der Waals surface area contributed by atoms with Gasteiger partial charge < -0.3 is 10.2 Å². The zero-order chi connectivity index (χ0) is 13.0. The molecule has 1 aliphatic rings. The van der Waals surface area contributed by atoms with Gasteiger partial charge in [0.05, 0.1) is 11.5 Å². The molecule has 0 unspecified atom stereocenters. The van der Waals surface area contributed by atoms with E-state index in [1.807, 2.05) is 0 Å². The van der Waals surface area contributed by atoms with Crippen LogP contribution in [0.4, 0.5) is 0 Å². The lowest BCUT2D eigenvalue weighted by molar-refractivity contribution is 0.294. The third-order valence-corrected chi connectivity index (χ3v) is 6.27. The van der Waals surface area contributed by atoms with Crippen LogP contribution in [-0.2, 0) is 16.4 Å². The summed E-state index contributed by atoms with van der Waals surface area (Å²) in [6.07, 6.45) is 0. The largest absolute Gasteiger partial charge is 0.311 e. The van der Waals surface area contributed by atoms with Gasteiger partial charge in [-0.15, -0.1) is 11.3 Å². The summed E-state index contributed by atoms with van der Waals surface area (Å²) in [5.41, 5.74) is 0. The summed E-state index contributed by atoms with van der Waals surface area (Å²) >= 11 is 5.16. The highest BCUT2D eigenvalue weighted by Crippen LogP contribution is 2.19. The fourth-order valence-corrected chi connectivity index (χ4v) is 4.57. The first-order valence-corrected chi connectivity index (χ1v) is 9.41. The Morgan fingerprint density at radius 1 is 1.39 bits per heavy atom. The van der Waals surface area contributed by atoms with Crippen LogP contribution in [0.5, 0.6) is 0 Å². The van der Waals surface area contributed by atoms with E-state index in [1.54, 1.807) is 11.3 Å². The van der Waals surface area contributed by atoms with Crippen molar-refractivity contribution in [3.05, 3.63) is 20.8 Å². The molecule has 0 atom stereocenters. The first kappa shape index (κ1) is 14.5. The summed E-state index contributed by atoms with van der Waals surface area (Å²) in [4.78, 5) is 3.52. The van der Waals surface area contributed by atoms with E-state index < -0.39 is 9.84 Å². The number of hydrogen-bond acceptors (Lipinski definition) is 5. The van der Waals surface area contributed by atoms with Gasteiger partial charge in [-0.3, -0.25) is 0 Å². The Balaban J connectivity index is 1.62. The molecule has 7 heteroatoms. The van der Waals surface area contributed by atoms with Crippen LogP contribution in [0.25, 0.3) is 0 Å². The first-order chi connectivity index (χ1) is 8.55. The average molecular weight is 353 g/mol. The Morgan fingerprint density at radius 3 is 2.72 bits per heavy atom. The van der Waals surface area contributed by atoms with Gasteiger partial charge in [0.15, 0.2) is 9.84 Å². The maximum absolute atomic E-state index is 11.3. The summed E-state index contributed by atoms with van der Waals surface area (Å²) in [5, 5.41) is 5.46. The summed E-state index contributed by atoms with van der Waals surface area (Å²) in [5.74, 6) is 0.621. The SMILES string of the molecule is O=S1(=O)CCN(CCNCc2cc(Br)cs2)CC1. The van der Waals surface area contributed by atoms with Crippen molar-refractivity contribution in [3.8, 4) is 0 Å². The molecule has 0 aromatic carbocycles. The molecule has 0 aliphatic carbocycles. The maximum Gasteiger partial charge on any atom is 0.152 e. The standard InChI is InChI=1S/C11H17BrN2O2S2/c12-10-7-11(17-9-10)8-13-1-2-14-3-5-18(15,16)6-4-14/h7,9,13H,1-6,8H2. The van der Waals surface area contributed by atoms with Crippen LogP contribution in [-0.4, -0.2) is 51.0 Å². The number of thiophene rings is 1. The van der Waals surface area contributed by atoms with Crippen molar-refractivity contribution in [2.24, 2.45) is 0 Å². The predicted octanol–water partition coefficient (Wildman–Crippen LogP) is 1.33. The second-order valence-electron chi connectivity index (χ2n) is 4.40. The first-order valence-electron chi connectivity index (χ1n) is 5.91. The summed E-state index contributed by atoms with van der Waals surface area (Å²) in [6.45, 7) is 4.04. The van der Waals surface area contributed by atoms with Gasteiger partial charge in [0, 0.05) is 47.5 Å². The monoisotopic (exact) mass is 352 g/mol. The van der Waals surface area contributed by atoms with Gasteiger partial charge in [0.1, 0.15) is 0 Å². The number of hydrogen-bond donors (Lipinski definition) is 1. The molecule has 102 valence electrons. The van der Waals surface area contributed by atoms with Gasteiger partial charge in [0.2, 0.25) is 0 Å². The molecule has 1 fully saturated rings. The smallest absolute Gasteiger partial charge is 0.152 e. The Labute approximate surface area is 120 Å². The summed E-state index contributed by atoms with van der Waals surface area (Å²) in [7, 11) is -2.75. The fourth-order valence-electron chi connectivity index (χ4n) is 1.87.